The second-order valence-electron chi connectivity index (χ2n) is 6.20. The average Bonchev–Trinajstić information content (AvgIpc) is 2.34. The number of fused-ring (bicyclic) bond motifs is 1. The Balaban J connectivity index is 2.56. The molecule has 1 heterocycles. The van der Waals surface area contributed by atoms with Gasteiger partial charge in [-0.25, -0.2) is 0 Å². The zero-order valence-electron chi connectivity index (χ0n) is 12.3. The molecule has 2 rings (SSSR count). The molecule has 102 valence electrons. The van der Waals surface area contributed by atoms with E-state index in [1.807, 2.05) is 31.3 Å². The molecule has 3 nitrogen and oxygen atoms in total. The monoisotopic (exact) mass is 258 g/mol. The van der Waals surface area contributed by atoms with Crippen LogP contribution in [-0.4, -0.2) is 10.6 Å². The van der Waals surface area contributed by atoms with Gasteiger partial charge in [-0.15, -0.1) is 0 Å². The van der Waals surface area contributed by atoms with E-state index < -0.39 is 0 Å². The number of hydrogen-bond donors (Lipinski definition) is 1. The zero-order chi connectivity index (χ0) is 14.2. The predicted octanol–water partition coefficient (Wildman–Crippen LogP) is 3.39. The fourth-order valence-electron chi connectivity index (χ4n) is 1.98. The molecule has 2 aromatic rings. The average molecular weight is 258 g/mol. The third-order valence-electron chi connectivity index (χ3n) is 3.83. The van der Waals surface area contributed by atoms with Crippen LogP contribution in [0.1, 0.15) is 27.7 Å². The maximum Gasteiger partial charge on any atom is 0.252 e. The number of hydrogen-bond acceptors (Lipinski definition) is 2. The fourth-order valence-corrected chi connectivity index (χ4v) is 1.98. The van der Waals surface area contributed by atoms with Gasteiger partial charge in [0.25, 0.3) is 5.56 Å². The minimum Gasteiger partial charge on any atom is -0.381 e. The predicted molar refractivity (Wildman–Crippen MR) is 81.7 cm³/mol. The molecule has 0 spiro atoms. The molecule has 0 aliphatic carbocycles. The van der Waals surface area contributed by atoms with E-state index >= 15 is 0 Å². The van der Waals surface area contributed by atoms with Gasteiger partial charge in [0, 0.05) is 30.2 Å². The molecule has 1 aromatic heterocycles. The van der Waals surface area contributed by atoms with Crippen molar-refractivity contribution in [3.05, 3.63) is 40.7 Å². The topological polar surface area (TPSA) is 34.0 Å². The second-order valence-corrected chi connectivity index (χ2v) is 6.20. The van der Waals surface area contributed by atoms with Crippen LogP contribution in [-0.2, 0) is 7.05 Å². The molecule has 0 saturated carbocycles. The van der Waals surface area contributed by atoms with Crippen LogP contribution < -0.4 is 10.9 Å². The van der Waals surface area contributed by atoms with Gasteiger partial charge < -0.3 is 9.88 Å². The van der Waals surface area contributed by atoms with Gasteiger partial charge in [-0.3, -0.25) is 4.79 Å². The molecule has 0 aliphatic rings. The van der Waals surface area contributed by atoms with Crippen LogP contribution in [0.3, 0.4) is 0 Å². The fraction of sp³-hybridized carbons (Fsp3) is 0.438. The lowest BCUT2D eigenvalue weighted by Crippen LogP contribution is -2.31. The van der Waals surface area contributed by atoms with Gasteiger partial charge in [-0.2, -0.15) is 0 Å². The number of rotatable bonds is 2. The standard InChI is InChI=1S/C16H22N2O/c1-11(16(2,3)4)17-13-10-15(19)18(5)14-9-7-6-8-12(13)14/h6-11,17H,1-5H3. The van der Waals surface area contributed by atoms with Crippen molar-refractivity contribution in [2.45, 2.75) is 33.7 Å². The van der Waals surface area contributed by atoms with Crippen molar-refractivity contribution in [1.29, 1.82) is 0 Å². The van der Waals surface area contributed by atoms with Gasteiger partial charge in [-0.1, -0.05) is 39.0 Å². The number of para-hydroxylation sites is 1. The highest BCUT2D eigenvalue weighted by Gasteiger charge is 2.20. The van der Waals surface area contributed by atoms with Crippen molar-refractivity contribution in [2.75, 3.05) is 5.32 Å². The molecule has 19 heavy (non-hydrogen) atoms. The van der Waals surface area contributed by atoms with E-state index in [2.05, 4.69) is 33.0 Å². The van der Waals surface area contributed by atoms with E-state index in [1.54, 1.807) is 10.6 Å². The first-order valence-electron chi connectivity index (χ1n) is 6.66. The maximum absolute atomic E-state index is 12.0. The van der Waals surface area contributed by atoms with E-state index in [0.29, 0.717) is 0 Å². The van der Waals surface area contributed by atoms with Crippen LogP contribution >= 0.6 is 0 Å². The lowest BCUT2D eigenvalue weighted by molar-refractivity contribution is 0.359. The van der Waals surface area contributed by atoms with E-state index in [4.69, 9.17) is 0 Å². The van der Waals surface area contributed by atoms with Crippen molar-refractivity contribution in [2.24, 2.45) is 12.5 Å². The summed E-state index contributed by atoms with van der Waals surface area (Å²) in [6.07, 6.45) is 0. The van der Waals surface area contributed by atoms with Gasteiger partial charge in [-0.05, 0) is 18.4 Å². The molecule has 1 unspecified atom stereocenters. The van der Waals surface area contributed by atoms with Gasteiger partial charge >= 0.3 is 0 Å². The zero-order valence-corrected chi connectivity index (χ0v) is 12.3. The van der Waals surface area contributed by atoms with E-state index in [1.165, 1.54) is 0 Å². The summed E-state index contributed by atoms with van der Waals surface area (Å²) >= 11 is 0. The second kappa shape index (κ2) is 4.72. The van der Waals surface area contributed by atoms with Crippen LogP contribution in [0.25, 0.3) is 10.9 Å². The lowest BCUT2D eigenvalue weighted by atomic mass is 9.88. The largest absolute Gasteiger partial charge is 0.381 e. The number of aryl methyl sites for hydroxylation is 1. The Kier molecular flexibility index (Phi) is 3.40. The number of aromatic nitrogens is 1. The maximum atomic E-state index is 12.0. The summed E-state index contributed by atoms with van der Waals surface area (Å²) in [5.41, 5.74) is 2.03. The van der Waals surface area contributed by atoms with Gasteiger partial charge in [0.2, 0.25) is 0 Å². The summed E-state index contributed by atoms with van der Waals surface area (Å²) < 4.78 is 1.68. The van der Waals surface area contributed by atoms with E-state index in [9.17, 15) is 4.79 Å². The normalized spacial score (nSPS) is 13.5. The third-order valence-corrected chi connectivity index (χ3v) is 3.83. The molecule has 1 aromatic carbocycles. The first-order valence-corrected chi connectivity index (χ1v) is 6.66. The van der Waals surface area contributed by atoms with E-state index in [0.717, 1.165) is 16.6 Å². The lowest BCUT2D eigenvalue weighted by Gasteiger charge is -2.29. The van der Waals surface area contributed by atoms with Crippen LogP contribution in [0, 0.1) is 5.41 Å². The molecule has 0 amide bonds. The number of nitrogens with zero attached hydrogens (tertiary/aromatic N) is 1. The Labute approximate surface area is 114 Å². The highest BCUT2D eigenvalue weighted by Crippen LogP contribution is 2.26. The molecule has 0 fully saturated rings. The van der Waals surface area contributed by atoms with E-state index in [-0.39, 0.29) is 17.0 Å². The SMILES string of the molecule is CC(Nc1cc(=O)n(C)c2ccccc12)C(C)(C)C. The highest BCUT2D eigenvalue weighted by atomic mass is 16.1. The number of nitrogens with one attached hydrogen (secondary N) is 1. The Morgan fingerprint density at radius 3 is 2.47 bits per heavy atom. The van der Waals surface area contributed by atoms with Gasteiger partial charge in [0.05, 0.1) is 5.52 Å². The summed E-state index contributed by atoms with van der Waals surface area (Å²) in [4.78, 5) is 12.0. The Morgan fingerprint density at radius 2 is 1.84 bits per heavy atom. The summed E-state index contributed by atoms with van der Waals surface area (Å²) in [7, 11) is 1.81. The number of benzene rings is 1. The third kappa shape index (κ3) is 2.65. The Bertz CT molecular complexity index is 650. The van der Waals surface area contributed by atoms with Crippen molar-refractivity contribution in [1.82, 2.24) is 4.57 Å². The summed E-state index contributed by atoms with van der Waals surface area (Å²) in [5.74, 6) is 0. The Morgan fingerprint density at radius 1 is 1.21 bits per heavy atom. The van der Waals surface area contributed by atoms with Crippen LogP contribution in [0.2, 0.25) is 0 Å². The molecule has 0 aliphatic heterocycles. The molecule has 0 radical (unpaired) electrons. The first kappa shape index (κ1) is 13.7. The van der Waals surface area contributed by atoms with Crippen LogP contribution in [0.15, 0.2) is 35.1 Å². The minimum absolute atomic E-state index is 0.0160. The first-order chi connectivity index (χ1) is 8.80. The Hall–Kier alpha value is -1.77. The summed E-state index contributed by atoms with van der Waals surface area (Å²) in [6, 6.07) is 9.95. The van der Waals surface area contributed by atoms with Gasteiger partial charge in [0.15, 0.2) is 0 Å². The number of pyridine rings is 1. The van der Waals surface area contributed by atoms with Crippen molar-refractivity contribution in [3.63, 3.8) is 0 Å². The van der Waals surface area contributed by atoms with Crippen LogP contribution in [0.4, 0.5) is 5.69 Å². The van der Waals surface area contributed by atoms with Crippen molar-refractivity contribution >= 4 is 16.6 Å². The molecular formula is C16H22N2O. The minimum atomic E-state index is 0.0160. The number of anilines is 1. The molecule has 3 heteroatoms. The van der Waals surface area contributed by atoms with Crippen LogP contribution in [0.5, 0.6) is 0 Å². The highest BCUT2D eigenvalue weighted by molar-refractivity contribution is 5.91. The molecule has 1 atom stereocenters. The summed E-state index contributed by atoms with van der Waals surface area (Å²) in [5, 5.41) is 4.56. The van der Waals surface area contributed by atoms with Crippen molar-refractivity contribution in [3.8, 4) is 0 Å². The molecule has 0 bridgehead atoms. The molecule has 1 N–H and O–H groups in total. The van der Waals surface area contributed by atoms with Crippen molar-refractivity contribution < 1.29 is 0 Å². The molecular weight excluding hydrogens is 236 g/mol. The quantitative estimate of drug-likeness (QED) is 0.896. The smallest absolute Gasteiger partial charge is 0.252 e. The molecule has 0 saturated heterocycles. The summed E-state index contributed by atoms with van der Waals surface area (Å²) in [6.45, 7) is 8.71. The van der Waals surface area contributed by atoms with Gasteiger partial charge in [0.1, 0.15) is 0 Å².